The molecule has 2 aliphatic rings. The van der Waals surface area contributed by atoms with Gasteiger partial charge in [-0.15, -0.1) is 11.3 Å². The van der Waals surface area contributed by atoms with E-state index >= 15 is 0 Å². The van der Waals surface area contributed by atoms with E-state index in [1.165, 1.54) is 0 Å². The van der Waals surface area contributed by atoms with E-state index in [2.05, 4.69) is 37.9 Å². The lowest BCUT2D eigenvalue weighted by Gasteiger charge is -2.38. The van der Waals surface area contributed by atoms with E-state index in [0.29, 0.717) is 11.0 Å². The molecule has 2 atom stereocenters. The molecular formula is C21H14ClN5OS. The van der Waals surface area contributed by atoms with Crippen LogP contribution in [0.25, 0.3) is 5.70 Å². The summed E-state index contributed by atoms with van der Waals surface area (Å²) in [5, 5.41) is 10.7. The molecule has 6 nitrogen and oxygen atoms in total. The Morgan fingerprint density at radius 2 is 2.14 bits per heavy atom. The molecule has 0 radical (unpaired) electrons. The van der Waals surface area contributed by atoms with E-state index in [1.54, 1.807) is 23.9 Å². The zero-order valence-corrected chi connectivity index (χ0v) is 16.6. The van der Waals surface area contributed by atoms with Crippen molar-refractivity contribution in [2.75, 3.05) is 5.32 Å². The average Bonchev–Trinajstić information content (AvgIpc) is 3.44. The van der Waals surface area contributed by atoms with Crippen molar-refractivity contribution >= 4 is 34.6 Å². The molecule has 2 aliphatic heterocycles. The molecule has 5 heterocycles. The molecule has 6 rings (SSSR count). The van der Waals surface area contributed by atoms with Gasteiger partial charge in [-0.25, -0.2) is 4.68 Å². The molecular weight excluding hydrogens is 406 g/mol. The second kappa shape index (κ2) is 6.43. The number of rotatable bonds is 2. The maximum atomic E-state index is 6.52. The van der Waals surface area contributed by atoms with Crippen LogP contribution in [-0.2, 0) is 0 Å². The molecule has 0 bridgehead atoms. The number of thiophene rings is 1. The summed E-state index contributed by atoms with van der Waals surface area (Å²) in [6, 6.07) is 13.6. The molecule has 0 aliphatic carbocycles. The number of pyridine rings is 1. The van der Waals surface area contributed by atoms with Crippen molar-refractivity contribution in [2.24, 2.45) is 0 Å². The number of anilines is 1. The minimum absolute atomic E-state index is 0.198. The summed E-state index contributed by atoms with van der Waals surface area (Å²) in [7, 11) is 0. The number of nitrogens with zero attached hydrogens (tertiary/aromatic N) is 4. The predicted octanol–water partition coefficient (Wildman–Crippen LogP) is 4.95. The van der Waals surface area contributed by atoms with Crippen LogP contribution in [0.3, 0.4) is 0 Å². The van der Waals surface area contributed by atoms with Gasteiger partial charge in [-0.3, -0.25) is 4.98 Å². The van der Waals surface area contributed by atoms with Gasteiger partial charge >= 0.3 is 0 Å². The maximum absolute atomic E-state index is 6.52. The molecule has 0 unspecified atom stereocenters. The van der Waals surface area contributed by atoms with Gasteiger partial charge < -0.3 is 10.1 Å². The summed E-state index contributed by atoms with van der Waals surface area (Å²) in [5.74, 6) is 1.47. The summed E-state index contributed by atoms with van der Waals surface area (Å²) in [5.41, 5.74) is 3.96. The van der Waals surface area contributed by atoms with Crippen molar-refractivity contribution in [3.8, 4) is 5.75 Å². The number of fused-ring (bicyclic) bond motifs is 3. The van der Waals surface area contributed by atoms with Crippen molar-refractivity contribution in [3.05, 3.63) is 93.2 Å². The minimum atomic E-state index is -0.256. The standard InChI is InChI=1S/C21H14ClN5OS/c22-13-5-6-15-14(9-13)18-17(20(28-15)16-4-2-8-29-16)19(12-3-1-7-23-10-12)27-21(26-18)24-11-25-27/h1-11,19-20H,(H,24,25,26)/t19-,20+/m1/s1. The second-order valence-electron chi connectivity index (χ2n) is 6.83. The van der Waals surface area contributed by atoms with Gasteiger partial charge in [0.05, 0.1) is 5.70 Å². The first-order valence-corrected chi connectivity index (χ1v) is 10.4. The van der Waals surface area contributed by atoms with Crippen molar-refractivity contribution < 1.29 is 4.74 Å². The van der Waals surface area contributed by atoms with Crippen molar-refractivity contribution in [1.82, 2.24) is 19.7 Å². The highest BCUT2D eigenvalue weighted by atomic mass is 35.5. The van der Waals surface area contributed by atoms with Crippen LogP contribution in [0, 0.1) is 0 Å². The van der Waals surface area contributed by atoms with Crippen LogP contribution < -0.4 is 10.1 Å². The van der Waals surface area contributed by atoms with Gasteiger partial charge in [0, 0.05) is 33.4 Å². The lowest BCUT2D eigenvalue weighted by Crippen LogP contribution is -2.32. The number of nitrogens with one attached hydrogen (secondary N) is 1. The van der Waals surface area contributed by atoms with Gasteiger partial charge in [0.15, 0.2) is 6.10 Å². The zero-order valence-electron chi connectivity index (χ0n) is 15.0. The Bertz CT molecular complexity index is 1240. The third-order valence-corrected chi connectivity index (χ3v) is 6.33. The third kappa shape index (κ3) is 2.58. The molecule has 8 heteroatoms. The lowest BCUT2D eigenvalue weighted by atomic mass is 9.87. The predicted molar refractivity (Wildman–Crippen MR) is 112 cm³/mol. The molecule has 4 aromatic rings. The third-order valence-electron chi connectivity index (χ3n) is 5.18. The summed E-state index contributed by atoms with van der Waals surface area (Å²) in [4.78, 5) is 9.88. The highest BCUT2D eigenvalue weighted by Crippen LogP contribution is 2.51. The molecule has 29 heavy (non-hydrogen) atoms. The lowest BCUT2D eigenvalue weighted by molar-refractivity contribution is 0.226. The highest BCUT2D eigenvalue weighted by molar-refractivity contribution is 7.10. The first-order valence-electron chi connectivity index (χ1n) is 9.10. The molecule has 0 spiro atoms. The summed E-state index contributed by atoms with van der Waals surface area (Å²) < 4.78 is 8.40. The monoisotopic (exact) mass is 419 g/mol. The summed E-state index contributed by atoms with van der Waals surface area (Å²) in [6.07, 6.45) is 4.94. The number of hydrogen-bond donors (Lipinski definition) is 1. The van der Waals surface area contributed by atoms with Crippen LogP contribution in [-0.4, -0.2) is 19.7 Å². The van der Waals surface area contributed by atoms with Gasteiger partial charge in [0.25, 0.3) is 0 Å². The van der Waals surface area contributed by atoms with Gasteiger partial charge in [-0.2, -0.15) is 10.1 Å². The molecule has 1 N–H and O–H groups in total. The van der Waals surface area contributed by atoms with Gasteiger partial charge in [0.1, 0.15) is 18.1 Å². The van der Waals surface area contributed by atoms with Crippen LogP contribution >= 0.6 is 22.9 Å². The van der Waals surface area contributed by atoms with Gasteiger partial charge in [0.2, 0.25) is 5.95 Å². The van der Waals surface area contributed by atoms with Crippen molar-refractivity contribution in [3.63, 3.8) is 0 Å². The number of halogens is 1. The smallest absolute Gasteiger partial charge is 0.226 e. The largest absolute Gasteiger partial charge is 0.480 e. The SMILES string of the molecule is Clc1ccc2c(c1)C1=C([C@H](c3cccs3)O2)[C@@H](c2cccnc2)n2ncnc2N1. The Morgan fingerprint density at radius 3 is 2.97 bits per heavy atom. The minimum Gasteiger partial charge on any atom is -0.480 e. The average molecular weight is 420 g/mol. The Hall–Kier alpha value is -3.16. The normalized spacial score (nSPS) is 19.6. The molecule has 0 fully saturated rings. The Balaban J connectivity index is 1.66. The topological polar surface area (TPSA) is 64.9 Å². The van der Waals surface area contributed by atoms with Crippen molar-refractivity contribution in [1.29, 1.82) is 0 Å². The highest BCUT2D eigenvalue weighted by Gasteiger charge is 2.41. The second-order valence-corrected chi connectivity index (χ2v) is 8.24. The van der Waals surface area contributed by atoms with Crippen LogP contribution in [0.4, 0.5) is 5.95 Å². The number of ether oxygens (including phenoxy) is 1. The van der Waals surface area contributed by atoms with Crippen molar-refractivity contribution in [2.45, 2.75) is 12.1 Å². The molecule has 1 aromatic carbocycles. The number of benzene rings is 1. The van der Waals surface area contributed by atoms with E-state index in [4.69, 9.17) is 16.3 Å². The van der Waals surface area contributed by atoms with Gasteiger partial charge in [-0.05, 0) is 41.3 Å². The fraction of sp³-hybridized carbons (Fsp3) is 0.0952. The Morgan fingerprint density at radius 1 is 1.17 bits per heavy atom. The zero-order chi connectivity index (χ0) is 19.4. The maximum Gasteiger partial charge on any atom is 0.226 e. The fourth-order valence-electron chi connectivity index (χ4n) is 3.98. The van der Waals surface area contributed by atoms with Gasteiger partial charge in [-0.1, -0.05) is 23.7 Å². The van der Waals surface area contributed by atoms with Crippen LogP contribution in [0.5, 0.6) is 5.75 Å². The Labute approximate surface area is 175 Å². The Kier molecular flexibility index (Phi) is 3.72. The van der Waals surface area contributed by atoms with E-state index in [0.717, 1.165) is 33.0 Å². The van der Waals surface area contributed by atoms with E-state index in [9.17, 15) is 0 Å². The van der Waals surface area contributed by atoms with E-state index in [-0.39, 0.29) is 12.1 Å². The van der Waals surface area contributed by atoms with Crippen LogP contribution in [0.2, 0.25) is 5.02 Å². The van der Waals surface area contributed by atoms with Crippen LogP contribution in [0.15, 0.2) is 72.1 Å². The quantitative estimate of drug-likeness (QED) is 0.498. The molecule has 3 aromatic heterocycles. The summed E-state index contributed by atoms with van der Waals surface area (Å²) in [6.45, 7) is 0. The molecule has 0 amide bonds. The molecule has 0 saturated heterocycles. The number of hydrogen-bond acceptors (Lipinski definition) is 6. The van der Waals surface area contributed by atoms with E-state index in [1.807, 2.05) is 41.2 Å². The number of aromatic nitrogens is 4. The molecule has 142 valence electrons. The summed E-state index contributed by atoms with van der Waals surface area (Å²) >= 11 is 8.00. The van der Waals surface area contributed by atoms with Crippen LogP contribution in [0.1, 0.15) is 28.1 Å². The first-order chi connectivity index (χ1) is 14.3. The van der Waals surface area contributed by atoms with E-state index < -0.39 is 0 Å². The molecule has 0 saturated carbocycles. The fourth-order valence-corrected chi connectivity index (χ4v) is 4.92. The first kappa shape index (κ1) is 16.8.